The molecule has 0 amide bonds. The SMILES string of the molecule is CCCCCCCCCCCCCCCCCCSc1c(F)c(F)c(S(=O)(=O)O)c(F)c1F. The highest BCUT2D eigenvalue weighted by Gasteiger charge is 2.32. The van der Waals surface area contributed by atoms with Gasteiger partial charge in [0.2, 0.25) is 0 Å². The molecule has 0 atom stereocenters. The predicted octanol–water partition coefficient (Wildman–Crippen LogP) is 8.84. The molecule has 0 heterocycles. The summed E-state index contributed by atoms with van der Waals surface area (Å²) in [6, 6.07) is 0. The van der Waals surface area contributed by atoms with Crippen molar-refractivity contribution in [1.29, 1.82) is 0 Å². The fourth-order valence-corrected chi connectivity index (χ4v) is 5.39. The Morgan fingerprint density at radius 3 is 1.27 bits per heavy atom. The van der Waals surface area contributed by atoms with E-state index in [2.05, 4.69) is 6.92 Å². The van der Waals surface area contributed by atoms with Gasteiger partial charge in [0, 0.05) is 0 Å². The Morgan fingerprint density at radius 1 is 0.606 bits per heavy atom. The molecule has 9 heteroatoms. The zero-order valence-electron chi connectivity index (χ0n) is 19.6. The normalized spacial score (nSPS) is 11.9. The highest BCUT2D eigenvalue weighted by Crippen LogP contribution is 2.34. The van der Waals surface area contributed by atoms with E-state index in [0.717, 1.165) is 25.7 Å². The Bertz CT molecular complexity index is 772. The van der Waals surface area contributed by atoms with Gasteiger partial charge in [0.15, 0.2) is 28.2 Å². The molecular weight excluding hydrogens is 476 g/mol. The molecular formula is C24H38F4O3S2. The average Bonchev–Trinajstić information content (AvgIpc) is 2.75. The quantitative estimate of drug-likeness (QED) is 0.0659. The van der Waals surface area contributed by atoms with E-state index in [1.165, 1.54) is 70.6 Å². The van der Waals surface area contributed by atoms with Crippen molar-refractivity contribution in [2.75, 3.05) is 5.75 Å². The second-order valence-corrected chi connectivity index (χ2v) is 11.0. The van der Waals surface area contributed by atoms with E-state index in [1.54, 1.807) is 0 Å². The average molecular weight is 515 g/mol. The van der Waals surface area contributed by atoms with E-state index >= 15 is 0 Å². The Balaban J connectivity index is 2.12. The van der Waals surface area contributed by atoms with Crippen molar-refractivity contribution in [3.8, 4) is 0 Å². The molecule has 1 rings (SSSR count). The van der Waals surface area contributed by atoms with Crippen LogP contribution in [0, 0.1) is 23.3 Å². The summed E-state index contributed by atoms with van der Waals surface area (Å²) in [5, 5.41) is 0. The van der Waals surface area contributed by atoms with Gasteiger partial charge in [0.25, 0.3) is 0 Å². The summed E-state index contributed by atoms with van der Waals surface area (Å²) in [6.07, 6.45) is 19.1. The minimum atomic E-state index is -5.42. The molecule has 0 saturated carbocycles. The summed E-state index contributed by atoms with van der Waals surface area (Å²) in [5.74, 6) is -7.57. The molecule has 0 saturated heterocycles. The van der Waals surface area contributed by atoms with Crippen molar-refractivity contribution in [3.05, 3.63) is 23.3 Å². The van der Waals surface area contributed by atoms with Gasteiger partial charge in [-0.1, -0.05) is 103 Å². The molecule has 0 aliphatic carbocycles. The van der Waals surface area contributed by atoms with Gasteiger partial charge >= 0.3 is 10.1 Å². The molecule has 0 unspecified atom stereocenters. The molecule has 1 N–H and O–H groups in total. The third-order valence-corrected chi connectivity index (χ3v) is 7.70. The van der Waals surface area contributed by atoms with Crippen LogP contribution in [0.3, 0.4) is 0 Å². The van der Waals surface area contributed by atoms with Crippen molar-refractivity contribution in [3.63, 3.8) is 0 Å². The Hall–Kier alpha value is -0.800. The topological polar surface area (TPSA) is 54.4 Å². The molecule has 0 aromatic heterocycles. The van der Waals surface area contributed by atoms with Crippen LogP contribution < -0.4 is 0 Å². The molecule has 192 valence electrons. The van der Waals surface area contributed by atoms with Gasteiger partial charge in [-0.05, 0) is 12.2 Å². The fraction of sp³-hybridized carbons (Fsp3) is 0.750. The number of thioether (sulfide) groups is 1. The second-order valence-electron chi connectivity index (χ2n) is 8.54. The first kappa shape index (κ1) is 30.2. The van der Waals surface area contributed by atoms with E-state index in [4.69, 9.17) is 4.55 Å². The Kier molecular flexibility index (Phi) is 15.4. The number of hydrogen-bond donors (Lipinski definition) is 1. The molecule has 0 aliphatic rings. The van der Waals surface area contributed by atoms with Crippen LogP contribution >= 0.6 is 11.8 Å². The molecule has 0 spiro atoms. The zero-order valence-corrected chi connectivity index (χ0v) is 21.2. The number of benzene rings is 1. The summed E-state index contributed by atoms with van der Waals surface area (Å²) in [7, 11) is -5.42. The number of unbranched alkanes of at least 4 members (excludes halogenated alkanes) is 15. The monoisotopic (exact) mass is 514 g/mol. The molecule has 0 aliphatic heterocycles. The Labute approximate surface area is 200 Å². The van der Waals surface area contributed by atoms with Gasteiger partial charge in [-0.3, -0.25) is 4.55 Å². The first-order chi connectivity index (χ1) is 15.7. The number of hydrogen-bond acceptors (Lipinski definition) is 3. The summed E-state index contributed by atoms with van der Waals surface area (Å²) in [6.45, 7) is 2.23. The third-order valence-electron chi connectivity index (χ3n) is 5.69. The van der Waals surface area contributed by atoms with Crippen LogP contribution in [-0.2, 0) is 10.1 Å². The van der Waals surface area contributed by atoms with E-state index in [9.17, 15) is 26.0 Å². The van der Waals surface area contributed by atoms with Gasteiger partial charge in [0.1, 0.15) is 0 Å². The smallest absolute Gasteiger partial charge is 0.282 e. The first-order valence-electron chi connectivity index (χ1n) is 12.2. The summed E-state index contributed by atoms with van der Waals surface area (Å²) < 4.78 is 86.2. The molecule has 0 radical (unpaired) electrons. The van der Waals surface area contributed by atoms with Crippen molar-refractivity contribution in [2.24, 2.45) is 0 Å². The van der Waals surface area contributed by atoms with Crippen molar-refractivity contribution in [1.82, 2.24) is 0 Å². The highest BCUT2D eigenvalue weighted by atomic mass is 32.2. The van der Waals surface area contributed by atoms with E-state index in [-0.39, 0.29) is 5.75 Å². The van der Waals surface area contributed by atoms with Crippen LogP contribution in [0.1, 0.15) is 110 Å². The van der Waals surface area contributed by atoms with Gasteiger partial charge in [-0.25, -0.2) is 17.6 Å². The molecule has 33 heavy (non-hydrogen) atoms. The lowest BCUT2D eigenvalue weighted by atomic mass is 10.0. The predicted molar refractivity (Wildman–Crippen MR) is 126 cm³/mol. The maximum atomic E-state index is 14.0. The van der Waals surface area contributed by atoms with Gasteiger partial charge in [0.05, 0.1) is 4.90 Å². The first-order valence-corrected chi connectivity index (χ1v) is 14.6. The van der Waals surface area contributed by atoms with Crippen molar-refractivity contribution in [2.45, 2.75) is 119 Å². The fourth-order valence-electron chi connectivity index (χ4n) is 3.77. The van der Waals surface area contributed by atoms with Crippen LogP contribution in [-0.4, -0.2) is 18.7 Å². The largest absolute Gasteiger partial charge is 0.300 e. The minimum absolute atomic E-state index is 0.246. The number of halogens is 4. The Morgan fingerprint density at radius 2 is 0.939 bits per heavy atom. The van der Waals surface area contributed by atoms with Crippen LogP contribution in [0.2, 0.25) is 0 Å². The third kappa shape index (κ3) is 11.5. The minimum Gasteiger partial charge on any atom is -0.282 e. The van der Waals surface area contributed by atoms with Crippen molar-refractivity contribution >= 4 is 21.9 Å². The van der Waals surface area contributed by atoms with E-state index in [1.807, 2.05) is 0 Å². The second kappa shape index (κ2) is 16.8. The molecule has 3 nitrogen and oxygen atoms in total. The lowest BCUT2D eigenvalue weighted by molar-refractivity contribution is 0.384. The maximum absolute atomic E-state index is 14.0. The molecule has 1 aromatic carbocycles. The summed E-state index contributed by atoms with van der Waals surface area (Å²) in [4.78, 5) is -2.90. The van der Waals surface area contributed by atoms with Crippen molar-refractivity contribution < 1.29 is 30.5 Å². The molecule has 0 bridgehead atoms. The van der Waals surface area contributed by atoms with Crippen LogP contribution in [0.15, 0.2) is 9.79 Å². The standard InChI is InChI=1S/C24H38F4O3S2/c1-2-3-4-5-6-7-8-9-10-11-12-13-14-15-16-17-18-32-23-19(25)21(27)24(33(29,30)31)22(28)20(23)26/h2-18H2,1H3,(H,29,30,31). The van der Waals surface area contributed by atoms with Crippen LogP contribution in [0.25, 0.3) is 0 Å². The lowest BCUT2D eigenvalue weighted by Crippen LogP contribution is -2.11. The zero-order chi connectivity index (χ0) is 24.7. The van der Waals surface area contributed by atoms with Gasteiger partial charge in [-0.2, -0.15) is 8.42 Å². The van der Waals surface area contributed by atoms with Gasteiger partial charge < -0.3 is 0 Å². The highest BCUT2D eigenvalue weighted by molar-refractivity contribution is 7.99. The molecule has 1 aromatic rings. The van der Waals surface area contributed by atoms with Crippen LogP contribution in [0.5, 0.6) is 0 Å². The number of rotatable bonds is 19. The lowest BCUT2D eigenvalue weighted by Gasteiger charge is -2.10. The summed E-state index contributed by atoms with van der Waals surface area (Å²) in [5.41, 5.74) is 0. The summed E-state index contributed by atoms with van der Waals surface area (Å²) >= 11 is 0.601. The van der Waals surface area contributed by atoms with E-state index < -0.39 is 43.2 Å². The molecule has 0 fully saturated rings. The van der Waals surface area contributed by atoms with E-state index in [0.29, 0.717) is 18.2 Å². The van der Waals surface area contributed by atoms with Gasteiger partial charge in [-0.15, -0.1) is 11.8 Å². The maximum Gasteiger partial charge on any atom is 0.300 e. The van der Waals surface area contributed by atoms with Crippen LogP contribution in [0.4, 0.5) is 17.6 Å².